The number of nitrogens with zero attached hydrogens (tertiary/aromatic N) is 3. The Kier molecular flexibility index (Phi) is 6.95. The minimum atomic E-state index is -0.0966. The third-order valence-electron chi connectivity index (χ3n) is 4.53. The molecule has 144 valence electrons. The van der Waals surface area contributed by atoms with Crippen LogP contribution in [0, 0.1) is 0 Å². The highest BCUT2D eigenvalue weighted by atomic mass is 32.2. The zero-order valence-corrected chi connectivity index (χ0v) is 16.7. The average Bonchev–Trinajstić information content (AvgIpc) is 2.73. The lowest BCUT2D eigenvalue weighted by Gasteiger charge is -2.29. The first-order chi connectivity index (χ1) is 13.2. The van der Waals surface area contributed by atoms with Gasteiger partial charge in [0.2, 0.25) is 0 Å². The molecule has 2 aromatic rings. The van der Waals surface area contributed by atoms with Gasteiger partial charge in [0.15, 0.2) is 0 Å². The van der Waals surface area contributed by atoms with E-state index in [1.54, 1.807) is 22.9 Å². The zero-order valence-electron chi connectivity index (χ0n) is 15.9. The Hall–Kier alpha value is -2.25. The van der Waals surface area contributed by atoms with Crippen LogP contribution in [0.4, 0.5) is 10.6 Å². The third kappa shape index (κ3) is 5.37. The van der Waals surface area contributed by atoms with Gasteiger partial charge in [-0.1, -0.05) is 18.2 Å². The lowest BCUT2D eigenvalue weighted by atomic mass is 10.2. The lowest BCUT2D eigenvalue weighted by Crippen LogP contribution is -2.39. The molecule has 0 saturated carbocycles. The van der Waals surface area contributed by atoms with Crippen LogP contribution >= 0.6 is 11.8 Å². The van der Waals surface area contributed by atoms with E-state index in [-0.39, 0.29) is 6.03 Å². The molecule has 0 unspecified atom stereocenters. The highest BCUT2D eigenvalue weighted by Crippen LogP contribution is 2.19. The summed E-state index contributed by atoms with van der Waals surface area (Å²) in [5.74, 6) is 0.927. The van der Waals surface area contributed by atoms with Crippen LogP contribution in [0.2, 0.25) is 0 Å². The van der Waals surface area contributed by atoms with Crippen molar-refractivity contribution in [3.63, 3.8) is 0 Å². The number of carbonyl (C=O) groups excluding carboxylic acids is 1. The van der Waals surface area contributed by atoms with Crippen LogP contribution in [0.1, 0.15) is 11.1 Å². The molecule has 0 atom stereocenters. The van der Waals surface area contributed by atoms with Crippen molar-refractivity contribution in [1.29, 1.82) is 0 Å². The number of amides is 2. The standard InChI is InChI=1S/C20H26N4O2S/c1-23(15-16-5-7-18(27-2)8-6-16)20(25)22-14-17-4-3-9-21-19(17)24-10-12-26-13-11-24/h3-9H,10-15H2,1-2H3,(H,22,25). The van der Waals surface area contributed by atoms with Gasteiger partial charge in [0.05, 0.1) is 13.2 Å². The van der Waals surface area contributed by atoms with E-state index in [0.717, 1.165) is 30.0 Å². The second-order valence-electron chi connectivity index (χ2n) is 6.45. The van der Waals surface area contributed by atoms with Crippen LogP contribution in [0.5, 0.6) is 0 Å². The smallest absolute Gasteiger partial charge is 0.317 e. The van der Waals surface area contributed by atoms with Gasteiger partial charge < -0.3 is 19.9 Å². The summed E-state index contributed by atoms with van der Waals surface area (Å²) >= 11 is 1.71. The molecule has 1 saturated heterocycles. The van der Waals surface area contributed by atoms with Gasteiger partial charge in [-0.05, 0) is 30.0 Å². The van der Waals surface area contributed by atoms with Gasteiger partial charge in [0.25, 0.3) is 0 Å². The molecule has 1 aliphatic rings. The first-order valence-electron chi connectivity index (χ1n) is 9.06. The van der Waals surface area contributed by atoms with Crippen molar-refractivity contribution in [3.8, 4) is 0 Å². The Morgan fingerprint density at radius 3 is 2.70 bits per heavy atom. The van der Waals surface area contributed by atoms with Crippen molar-refractivity contribution in [2.75, 3.05) is 44.5 Å². The number of rotatable bonds is 6. The summed E-state index contributed by atoms with van der Waals surface area (Å²) in [7, 11) is 1.81. The monoisotopic (exact) mass is 386 g/mol. The van der Waals surface area contributed by atoms with Gasteiger partial charge in [-0.3, -0.25) is 0 Å². The van der Waals surface area contributed by atoms with Crippen LogP contribution < -0.4 is 10.2 Å². The SMILES string of the molecule is CSc1ccc(CN(C)C(=O)NCc2cccnc2N2CCOCC2)cc1. The molecule has 0 aliphatic carbocycles. The molecule has 0 spiro atoms. The summed E-state index contributed by atoms with van der Waals surface area (Å²) in [5, 5.41) is 3.01. The molecule has 0 bridgehead atoms. The van der Waals surface area contributed by atoms with Crippen molar-refractivity contribution < 1.29 is 9.53 Å². The summed E-state index contributed by atoms with van der Waals surface area (Å²) in [6, 6.07) is 12.1. The van der Waals surface area contributed by atoms with E-state index in [0.29, 0.717) is 26.3 Å². The minimum Gasteiger partial charge on any atom is -0.378 e. The molecule has 1 aliphatic heterocycles. The average molecular weight is 387 g/mol. The molecule has 2 heterocycles. The molecule has 0 radical (unpaired) electrons. The Labute approximate surface area is 164 Å². The number of thioether (sulfide) groups is 1. The normalized spacial score (nSPS) is 14.1. The van der Waals surface area contributed by atoms with Crippen molar-refractivity contribution in [3.05, 3.63) is 53.7 Å². The number of anilines is 1. The fourth-order valence-corrected chi connectivity index (χ4v) is 3.42. The van der Waals surface area contributed by atoms with Crippen LogP contribution in [0.15, 0.2) is 47.5 Å². The molecule has 3 rings (SSSR count). The van der Waals surface area contributed by atoms with E-state index >= 15 is 0 Å². The number of morpholine rings is 1. The number of ether oxygens (including phenoxy) is 1. The number of carbonyl (C=O) groups is 1. The topological polar surface area (TPSA) is 57.7 Å². The van der Waals surface area contributed by atoms with Crippen LogP contribution in [0.3, 0.4) is 0 Å². The predicted molar refractivity (Wildman–Crippen MR) is 109 cm³/mol. The largest absolute Gasteiger partial charge is 0.378 e. The Morgan fingerprint density at radius 2 is 2.00 bits per heavy atom. The van der Waals surface area contributed by atoms with Crippen molar-refractivity contribution in [2.24, 2.45) is 0 Å². The summed E-state index contributed by atoms with van der Waals surface area (Å²) in [6.45, 7) is 4.09. The van der Waals surface area contributed by atoms with E-state index in [9.17, 15) is 4.79 Å². The number of aromatic nitrogens is 1. The molecule has 7 heteroatoms. The molecule has 1 fully saturated rings. The maximum absolute atomic E-state index is 12.5. The predicted octanol–water partition coefficient (Wildman–Crippen LogP) is 2.98. The summed E-state index contributed by atoms with van der Waals surface area (Å²) < 4.78 is 5.41. The van der Waals surface area contributed by atoms with Crippen molar-refractivity contribution in [1.82, 2.24) is 15.2 Å². The van der Waals surface area contributed by atoms with Gasteiger partial charge in [-0.15, -0.1) is 11.8 Å². The number of hydrogen-bond acceptors (Lipinski definition) is 5. The summed E-state index contributed by atoms with van der Waals surface area (Å²) in [6.07, 6.45) is 3.85. The van der Waals surface area contributed by atoms with Gasteiger partial charge in [0, 0.05) is 49.9 Å². The maximum Gasteiger partial charge on any atom is 0.317 e. The van der Waals surface area contributed by atoms with Gasteiger partial charge in [-0.2, -0.15) is 0 Å². The highest BCUT2D eigenvalue weighted by molar-refractivity contribution is 7.98. The van der Waals surface area contributed by atoms with E-state index in [1.165, 1.54) is 4.90 Å². The van der Waals surface area contributed by atoms with E-state index in [2.05, 4.69) is 45.7 Å². The Bertz CT molecular complexity index is 748. The van der Waals surface area contributed by atoms with Gasteiger partial charge in [-0.25, -0.2) is 9.78 Å². The number of benzene rings is 1. The summed E-state index contributed by atoms with van der Waals surface area (Å²) in [5.41, 5.74) is 2.13. The quantitative estimate of drug-likeness (QED) is 0.774. The molecular formula is C20H26N4O2S. The second kappa shape index (κ2) is 9.62. The Morgan fingerprint density at radius 1 is 1.26 bits per heavy atom. The van der Waals surface area contributed by atoms with E-state index < -0.39 is 0 Å². The second-order valence-corrected chi connectivity index (χ2v) is 7.33. The van der Waals surface area contributed by atoms with Gasteiger partial charge >= 0.3 is 6.03 Å². The first-order valence-corrected chi connectivity index (χ1v) is 10.3. The van der Waals surface area contributed by atoms with Crippen molar-refractivity contribution >= 4 is 23.6 Å². The lowest BCUT2D eigenvalue weighted by molar-refractivity contribution is 0.122. The van der Waals surface area contributed by atoms with Crippen LogP contribution in [-0.2, 0) is 17.8 Å². The fraction of sp³-hybridized carbons (Fsp3) is 0.400. The summed E-state index contributed by atoms with van der Waals surface area (Å²) in [4.78, 5) is 22.1. The number of urea groups is 1. The third-order valence-corrected chi connectivity index (χ3v) is 5.28. The molecule has 27 heavy (non-hydrogen) atoms. The molecule has 1 aromatic heterocycles. The maximum atomic E-state index is 12.5. The molecule has 2 amide bonds. The van der Waals surface area contributed by atoms with E-state index in [1.807, 2.05) is 19.2 Å². The van der Waals surface area contributed by atoms with Crippen LogP contribution in [0.25, 0.3) is 0 Å². The molecule has 1 aromatic carbocycles. The highest BCUT2D eigenvalue weighted by Gasteiger charge is 2.17. The number of pyridine rings is 1. The van der Waals surface area contributed by atoms with Crippen molar-refractivity contribution in [2.45, 2.75) is 18.0 Å². The van der Waals surface area contributed by atoms with E-state index in [4.69, 9.17) is 4.74 Å². The molecule has 6 nitrogen and oxygen atoms in total. The number of hydrogen-bond donors (Lipinski definition) is 1. The zero-order chi connectivity index (χ0) is 19.1. The fourth-order valence-electron chi connectivity index (χ4n) is 3.01. The number of nitrogens with one attached hydrogen (secondary N) is 1. The molecule has 1 N–H and O–H groups in total. The first kappa shape index (κ1) is 19.5. The minimum absolute atomic E-state index is 0.0966. The van der Waals surface area contributed by atoms with Gasteiger partial charge in [0.1, 0.15) is 5.82 Å². The molecular weight excluding hydrogens is 360 g/mol. The Balaban J connectivity index is 1.56. The van der Waals surface area contributed by atoms with Crippen LogP contribution in [-0.4, -0.2) is 55.5 Å².